The Bertz CT molecular complexity index is 930. The SMILES string of the molecule is O=Cc1ccc2c(ccn2Cc2ccc(C3=CC=NC3)cc2)c1. The van der Waals surface area contributed by atoms with Gasteiger partial charge in [-0.05, 0) is 47.0 Å². The molecule has 112 valence electrons. The van der Waals surface area contributed by atoms with Crippen molar-refractivity contribution in [3.05, 3.63) is 77.5 Å². The van der Waals surface area contributed by atoms with E-state index in [9.17, 15) is 4.79 Å². The predicted octanol–water partition coefficient (Wildman–Crippen LogP) is 3.97. The number of carbonyl (C=O) groups is 1. The van der Waals surface area contributed by atoms with Gasteiger partial charge in [-0.3, -0.25) is 9.79 Å². The van der Waals surface area contributed by atoms with Gasteiger partial charge in [0.2, 0.25) is 0 Å². The van der Waals surface area contributed by atoms with Crippen LogP contribution in [0.4, 0.5) is 0 Å². The molecule has 0 atom stereocenters. The van der Waals surface area contributed by atoms with E-state index < -0.39 is 0 Å². The van der Waals surface area contributed by atoms with Gasteiger partial charge in [0.25, 0.3) is 0 Å². The van der Waals surface area contributed by atoms with Gasteiger partial charge in [-0.15, -0.1) is 0 Å². The topological polar surface area (TPSA) is 34.4 Å². The number of allylic oxidation sites excluding steroid dienone is 1. The van der Waals surface area contributed by atoms with Gasteiger partial charge < -0.3 is 4.57 Å². The third-order valence-electron chi connectivity index (χ3n) is 4.25. The second-order valence-electron chi connectivity index (χ2n) is 5.76. The van der Waals surface area contributed by atoms with Crippen LogP contribution in [0.25, 0.3) is 16.5 Å². The molecule has 0 amide bonds. The normalized spacial score (nSPS) is 13.5. The van der Waals surface area contributed by atoms with E-state index in [-0.39, 0.29) is 0 Å². The third-order valence-corrected chi connectivity index (χ3v) is 4.25. The molecule has 2 heterocycles. The minimum Gasteiger partial charge on any atom is -0.343 e. The molecule has 3 nitrogen and oxygen atoms in total. The van der Waals surface area contributed by atoms with Crippen molar-refractivity contribution in [3.63, 3.8) is 0 Å². The van der Waals surface area contributed by atoms with Gasteiger partial charge >= 0.3 is 0 Å². The summed E-state index contributed by atoms with van der Waals surface area (Å²) in [6.45, 7) is 1.60. The summed E-state index contributed by atoms with van der Waals surface area (Å²) in [5, 5.41) is 1.10. The van der Waals surface area contributed by atoms with E-state index in [4.69, 9.17) is 0 Å². The van der Waals surface area contributed by atoms with Crippen LogP contribution in [-0.4, -0.2) is 23.6 Å². The minimum absolute atomic E-state index is 0.715. The summed E-state index contributed by atoms with van der Waals surface area (Å²) in [5.41, 5.74) is 5.62. The highest BCUT2D eigenvalue weighted by atomic mass is 16.1. The first-order chi connectivity index (χ1) is 11.3. The smallest absolute Gasteiger partial charge is 0.150 e. The van der Waals surface area contributed by atoms with Crippen LogP contribution in [0.3, 0.4) is 0 Å². The van der Waals surface area contributed by atoms with Crippen LogP contribution in [-0.2, 0) is 6.54 Å². The Kier molecular flexibility index (Phi) is 3.39. The van der Waals surface area contributed by atoms with Crippen molar-refractivity contribution in [2.75, 3.05) is 6.54 Å². The first-order valence-electron chi connectivity index (χ1n) is 7.66. The molecule has 0 radical (unpaired) electrons. The van der Waals surface area contributed by atoms with Crippen molar-refractivity contribution in [1.29, 1.82) is 0 Å². The minimum atomic E-state index is 0.715. The zero-order valence-corrected chi connectivity index (χ0v) is 12.6. The highest BCUT2D eigenvalue weighted by Crippen LogP contribution is 2.21. The van der Waals surface area contributed by atoms with Crippen LogP contribution in [0.2, 0.25) is 0 Å². The molecule has 0 aliphatic carbocycles. The molecular formula is C20H16N2O. The number of rotatable bonds is 4. The van der Waals surface area contributed by atoms with Crippen LogP contribution in [0, 0.1) is 0 Å². The maximum Gasteiger partial charge on any atom is 0.150 e. The quantitative estimate of drug-likeness (QED) is 0.671. The molecule has 1 aromatic heterocycles. The van der Waals surface area contributed by atoms with Crippen molar-refractivity contribution in [1.82, 2.24) is 4.57 Å². The van der Waals surface area contributed by atoms with Gasteiger partial charge in [0, 0.05) is 35.4 Å². The fraction of sp³-hybridized carbons (Fsp3) is 0.100. The molecule has 4 rings (SSSR count). The fourth-order valence-corrected chi connectivity index (χ4v) is 2.98. The highest BCUT2D eigenvalue weighted by molar-refractivity contribution is 5.90. The number of benzene rings is 2. The largest absolute Gasteiger partial charge is 0.343 e. The maximum atomic E-state index is 10.9. The first-order valence-corrected chi connectivity index (χ1v) is 7.66. The van der Waals surface area contributed by atoms with E-state index in [1.807, 2.05) is 24.4 Å². The Balaban J connectivity index is 1.59. The van der Waals surface area contributed by atoms with Crippen LogP contribution in [0.15, 0.2) is 65.8 Å². The van der Waals surface area contributed by atoms with E-state index in [2.05, 4.69) is 52.2 Å². The van der Waals surface area contributed by atoms with E-state index in [0.29, 0.717) is 5.56 Å². The molecular weight excluding hydrogens is 284 g/mol. The van der Waals surface area contributed by atoms with E-state index in [1.54, 1.807) is 0 Å². The Morgan fingerprint density at radius 1 is 1.09 bits per heavy atom. The summed E-state index contributed by atoms with van der Waals surface area (Å²) in [7, 11) is 0. The predicted molar refractivity (Wildman–Crippen MR) is 94.2 cm³/mol. The molecule has 0 bridgehead atoms. The van der Waals surface area contributed by atoms with Gasteiger partial charge in [-0.2, -0.15) is 0 Å². The van der Waals surface area contributed by atoms with Crippen molar-refractivity contribution >= 4 is 29.0 Å². The zero-order valence-electron chi connectivity index (χ0n) is 12.6. The van der Waals surface area contributed by atoms with E-state index in [1.165, 1.54) is 16.7 Å². The zero-order chi connectivity index (χ0) is 15.6. The molecule has 0 unspecified atom stereocenters. The Morgan fingerprint density at radius 2 is 1.96 bits per heavy atom. The molecule has 1 aliphatic rings. The van der Waals surface area contributed by atoms with Gasteiger partial charge in [-0.1, -0.05) is 24.3 Å². The number of nitrogens with zero attached hydrogens (tertiary/aromatic N) is 2. The second kappa shape index (κ2) is 5.69. The lowest BCUT2D eigenvalue weighted by molar-refractivity contribution is 0.112. The van der Waals surface area contributed by atoms with Gasteiger partial charge in [0.1, 0.15) is 6.29 Å². The monoisotopic (exact) mass is 300 g/mol. The standard InChI is InChI=1S/C20H16N2O/c23-14-16-3-6-20-18(11-16)8-10-22(20)13-15-1-4-17(5-2-15)19-7-9-21-12-19/h1-11,14H,12-13H2. The lowest BCUT2D eigenvalue weighted by Crippen LogP contribution is -1.98. The maximum absolute atomic E-state index is 10.9. The summed E-state index contributed by atoms with van der Waals surface area (Å²) in [6, 6.07) is 16.5. The molecule has 3 heteroatoms. The van der Waals surface area contributed by atoms with Crippen LogP contribution in [0.1, 0.15) is 21.5 Å². The Labute approximate surface area is 134 Å². The van der Waals surface area contributed by atoms with Crippen LogP contribution >= 0.6 is 0 Å². The summed E-state index contributed by atoms with van der Waals surface area (Å²) in [4.78, 5) is 15.1. The number of aliphatic imine (C=N–C) groups is 1. The van der Waals surface area contributed by atoms with Crippen molar-refractivity contribution in [2.24, 2.45) is 4.99 Å². The molecule has 23 heavy (non-hydrogen) atoms. The van der Waals surface area contributed by atoms with Gasteiger partial charge in [0.15, 0.2) is 0 Å². The number of carbonyl (C=O) groups excluding carboxylic acids is 1. The summed E-state index contributed by atoms with van der Waals surface area (Å²) >= 11 is 0. The average molecular weight is 300 g/mol. The van der Waals surface area contributed by atoms with Crippen LogP contribution < -0.4 is 0 Å². The third kappa shape index (κ3) is 2.61. The molecule has 0 saturated heterocycles. The molecule has 1 aliphatic heterocycles. The molecule has 0 fully saturated rings. The number of hydrogen-bond acceptors (Lipinski definition) is 2. The highest BCUT2D eigenvalue weighted by Gasteiger charge is 2.06. The fourth-order valence-electron chi connectivity index (χ4n) is 2.98. The van der Waals surface area contributed by atoms with Crippen molar-refractivity contribution in [2.45, 2.75) is 6.54 Å². The lowest BCUT2D eigenvalue weighted by Gasteiger charge is -2.08. The number of aromatic nitrogens is 1. The first kappa shape index (κ1) is 13.7. The lowest BCUT2D eigenvalue weighted by atomic mass is 10.0. The molecule has 0 spiro atoms. The van der Waals surface area contributed by atoms with Crippen LogP contribution in [0.5, 0.6) is 0 Å². The number of aldehydes is 1. The summed E-state index contributed by atoms with van der Waals surface area (Å²) < 4.78 is 2.21. The summed E-state index contributed by atoms with van der Waals surface area (Å²) in [6.07, 6.45) is 6.89. The molecule has 0 N–H and O–H groups in total. The van der Waals surface area contributed by atoms with Gasteiger partial charge in [-0.25, -0.2) is 0 Å². The molecule has 0 saturated carbocycles. The second-order valence-corrected chi connectivity index (χ2v) is 5.76. The number of fused-ring (bicyclic) bond motifs is 1. The summed E-state index contributed by atoms with van der Waals surface area (Å²) in [5.74, 6) is 0. The van der Waals surface area contributed by atoms with Gasteiger partial charge in [0.05, 0.1) is 6.54 Å². The number of hydrogen-bond donors (Lipinski definition) is 0. The van der Waals surface area contributed by atoms with Crippen molar-refractivity contribution < 1.29 is 4.79 Å². The van der Waals surface area contributed by atoms with E-state index in [0.717, 1.165) is 30.3 Å². The molecule has 3 aromatic rings. The average Bonchev–Trinajstić information content (AvgIpc) is 3.25. The molecule has 2 aromatic carbocycles. The van der Waals surface area contributed by atoms with Crippen molar-refractivity contribution in [3.8, 4) is 0 Å². The Morgan fingerprint density at radius 3 is 2.70 bits per heavy atom. The van der Waals surface area contributed by atoms with E-state index >= 15 is 0 Å². The Hall–Kier alpha value is -2.94.